The third kappa shape index (κ3) is 4.55. The number of aliphatic hydroxyl groups excluding tert-OH is 2. The molecule has 1 fully saturated rings. The highest BCUT2D eigenvalue weighted by Crippen LogP contribution is 2.34. The number of fused-ring (bicyclic) bond motifs is 1. The van der Waals surface area contributed by atoms with E-state index < -0.39 is 12.0 Å². The van der Waals surface area contributed by atoms with Crippen molar-refractivity contribution in [2.24, 2.45) is 0 Å². The molecule has 0 spiro atoms. The maximum absolute atomic E-state index is 13.0. The average molecular weight is 482 g/mol. The van der Waals surface area contributed by atoms with Crippen LogP contribution < -0.4 is 15.5 Å². The number of anilines is 3. The number of pyridine rings is 2. The summed E-state index contributed by atoms with van der Waals surface area (Å²) in [5.41, 5.74) is 2.70. The van der Waals surface area contributed by atoms with E-state index in [0.29, 0.717) is 54.2 Å². The van der Waals surface area contributed by atoms with E-state index in [9.17, 15) is 9.90 Å². The van der Waals surface area contributed by atoms with Crippen LogP contribution in [0.1, 0.15) is 22.6 Å². The quantitative estimate of drug-likeness (QED) is 0.310. The molecule has 1 amide bonds. The fraction of sp³-hybridized carbons (Fsp3) is 0.318. The number of thiazole rings is 1. The Hall–Kier alpha value is -3.61. The number of aliphatic hydroxyl groups is 2. The van der Waals surface area contributed by atoms with Crippen molar-refractivity contribution in [2.75, 3.05) is 41.8 Å². The van der Waals surface area contributed by atoms with Crippen LogP contribution in [0.25, 0.3) is 21.8 Å². The normalized spacial score (nSPS) is 15.7. The number of oxazole rings is 1. The van der Waals surface area contributed by atoms with Crippen molar-refractivity contribution in [1.82, 2.24) is 19.9 Å². The molecule has 1 aliphatic heterocycles. The van der Waals surface area contributed by atoms with Gasteiger partial charge in [0.25, 0.3) is 5.91 Å². The maximum atomic E-state index is 13.0. The number of hydrogen-bond acceptors (Lipinski definition) is 11. The van der Waals surface area contributed by atoms with E-state index in [-0.39, 0.29) is 12.3 Å². The molecule has 5 rings (SSSR count). The molecule has 4 N–H and O–H groups in total. The Labute approximate surface area is 198 Å². The van der Waals surface area contributed by atoms with E-state index in [0.717, 1.165) is 16.0 Å². The van der Waals surface area contributed by atoms with Gasteiger partial charge in [-0.25, -0.2) is 15.0 Å². The molecule has 4 aromatic rings. The van der Waals surface area contributed by atoms with Gasteiger partial charge in [-0.05, 0) is 31.5 Å². The standard InChI is InChI=1S/C22H23N7O4S/c1-12-8-13(2-4-23-12)21-26-16(11-33-21)20(32)25-15-9-17-18(28-22(34-17)24-5-7-30)27-19(15)29-6-3-14(31)10-29/h2,4,8-9,11,14,30-31H,3,5-7,10H2,1H3,(H,25,32)(H,24,27,28)/t14-/m1/s1. The van der Waals surface area contributed by atoms with Gasteiger partial charge in [0, 0.05) is 37.1 Å². The van der Waals surface area contributed by atoms with E-state index in [1.807, 2.05) is 24.0 Å². The minimum atomic E-state index is -0.458. The zero-order valence-electron chi connectivity index (χ0n) is 18.4. The van der Waals surface area contributed by atoms with Gasteiger partial charge < -0.3 is 30.2 Å². The number of carbonyl (C=O) groups excluding carboxylic acids is 1. The topological polar surface area (TPSA) is 150 Å². The zero-order chi connectivity index (χ0) is 23.7. The smallest absolute Gasteiger partial charge is 0.277 e. The number of aryl methyl sites for hydroxylation is 1. The summed E-state index contributed by atoms with van der Waals surface area (Å²) in [4.78, 5) is 32.6. The molecule has 0 aliphatic carbocycles. The van der Waals surface area contributed by atoms with Gasteiger partial charge in [-0.2, -0.15) is 0 Å². The van der Waals surface area contributed by atoms with Crippen LogP contribution in [0.5, 0.6) is 0 Å². The summed E-state index contributed by atoms with van der Waals surface area (Å²) in [7, 11) is 0. The van der Waals surface area contributed by atoms with E-state index in [1.165, 1.54) is 17.6 Å². The van der Waals surface area contributed by atoms with Crippen LogP contribution in [0.2, 0.25) is 0 Å². The van der Waals surface area contributed by atoms with Gasteiger partial charge in [0.2, 0.25) is 5.89 Å². The molecule has 1 aliphatic rings. The first-order valence-corrected chi connectivity index (χ1v) is 11.6. The van der Waals surface area contributed by atoms with Gasteiger partial charge in [-0.1, -0.05) is 11.3 Å². The van der Waals surface area contributed by atoms with Crippen molar-refractivity contribution in [3.63, 3.8) is 0 Å². The Morgan fingerprint density at radius 2 is 2.21 bits per heavy atom. The van der Waals surface area contributed by atoms with Gasteiger partial charge in [-0.15, -0.1) is 0 Å². The first-order chi connectivity index (χ1) is 16.5. The predicted molar refractivity (Wildman–Crippen MR) is 128 cm³/mol. The van der Waals surface area contributed by atoms with Crippen LogP contribution in [0.3, 0.4) is 0 Å². The molecule has 0 unspecified atom stereocenters. The highest BCUT2D eigenvalue weighted by Gasteiger charge is 2.26. The lowest BCUT2D eigenvalue weighted by Gasteiger charge is -2.20. The van der Waals surface area contributed by atoms with Crippen LogP contribution in [0, 0.1) is 6.92 Å². The minimum Gasteiger partial charge on any atom is -0.444 e. The third-order valence-corrected chi connectivity index (χ3v) is 6.29. The molecule has 0 aromatic carbocycles. The molecular weight excluding hydrogens is 458 g/mol. The summed E-state index contributed by atoms with van der Waals surface area (Å²) in [6, 6.07) is 5.41. The van der Waals surface area contributed by atoms with Crippen LogP contribution in [-0.4, -0.2) is 68.4 Å². The molecule has 34 heavy (non-hydrogen) atoms. The largest absolute Gasteiger partial charge is 0.444 e. The fourth-order valence-electron chi connectivity index (χ4n) is 3.74. The number of nitrogens with zero attached hydrogens (tertiary/aromatic N) is 5. The zero-order valence-corrected chi connectivity index (χ0v) is 19.2. The average Bonchev–Trinajstić information content (AvgIpc) is 3.56. The molecule has 5 heterocycles. The lowest BCUT2D eigenvalue weighted by Crippen LogP contribution is -2.24. The SMILES string of the molecule is Cc1cc(-c2nc(C(=O)Nc3cc4sc(NCCO)nc4nc3N3CC[C@@H](O)C3)co2)ccn1. The van der Waals surface area contributed by atoms with Crippen molar-refractivity contribution in [3.05, 3.63) is 42.0 Å². The van der Waals surface area contributed by atoms with Crippen molar-refractivity contribution in [2.45, 2.75) is 19.4 Å². The highest BCUT2D eigenvalue weighted by atomic mass is 32.1. The fourth-order valence-corrected chi connectivity index (χ4v) is 4.61. The number of nitrogens with one attached hydrogen (secondary N) is 2. The Balaban J connectivity index is 1.45. The van der Waals surface area contributed by atoms with Crippen LogP contribution in [-0.2, 0) is 0 Å². The maximum Gasteiger partial charge on any atom is 0.277 e. The number of hydrogen-bond donors (Lipinski definition) is 4. The van der Waals surface area contributed by atoms with E-state index in [2.05, 4.69) is 30.6 Å². The van der Waals surface area contributed by atoms with E-state index in [4.69, 9.17) is 9.52 Å². The Kier molecular flexibility index (Phi) is 6.09. The summed E-state index contributed by atoms with van der Waals surface area (Å²) in [5.74, 6) is 0.421. The Morgan fingerprint density at radius 3 is 2.97 bits per heavy atom. The molecular formula is C22H23N7O4S. The highest BCUT2D eigenvalue weighted by molar-refractivity contribution is 7.22. The number of carbonyl (C=O) groups is 1. The van der Waals surface area contributed by atoms with Crippen LogP contribution in [0.15, 0.2) is 35.1 Å². The van der Waals surface area contributed by atoms with Gasteiger partial charge >= 0.3 is 0 Å². The molecule has 11 nitrogen and oxygen atoms in total. The van der Waals surface area contributed by atoms with Crippen molar-refractivity contribution < 1.29 is 19.4 Å². The number of β-amino-alcohol motifs (C(OH)–C–C–N with tert-alkyl or cyclic N) is 1. The first kappa shape index (κ1) is 22.2. The summed E-state index contributed by atoms with van der Waals surface area (Å²) in [5, 5.41) is 25.6. The summed E-state index contributed by atoms with van der Waals surface area (Å²) >= 11 is 1.37. The third-order valence-electron chi connectivity index (χ3n) is 5.34. The Morgan fingerprint density at radius 1 is 1.32 bits per heavy atom. The van der Waals surface area contributed by atoms with Gasteiger partial charge in [0.1, 0.15) is 6.26 Å². The molecule has 0 bridgehead atoms. The second-order valence-electron chi connectivity index (χ2n) is 7.92. The monoisotopic (exact) mass is 481 g/mol. The molecule has 1 atom stereocenters. The van der Waals surface area contributed by atoms with Crippen LogP contribution >= 0.6 is 11.3 Å². The van der Waals surface area contributed by atoms with Crippen molar-refractivity contribution in [3.8, 4) is 11.5 Å². The number of aromatic nitrogens is 4. The Bertz CT molecular complexity index is 1340. The summed E-state index contributed by atoms with van der Waals surface area (Å²) in [6.45, 7) is 3.25. The van der Waals surface area contributed by atoms with Gasteiger partial charge in [0.05, 0.1) is 23.1 Å². The molecule has 0 saturated carbocycles. The molecule has 176 valence electrons. The number of rotatable bonds is 7. The molecule has 12 heteroatoms. The van der Waals surface area contributed by atoms with Crippen molar-refractivity contribution in [1.29, 1.82) is 0 Å². The second kappa shape index (κ2) is 9.33. The lowest BCUT2D eigenvalue weighted by atomic mass is 10.2. The predicted octanol–water partition coefficient (Wildman–Crippen LogP) is 2.28. The second-order valence-corrected chi connectivity index (χ2v) is 8.95. The lowest BCUT2D eigenvalue weighted by molar-refractivity contribution is 0.102. The minimum absolute atomic E-state index is 0.0136. The molecule has 0 radical (unpaired) electrons. The summed E-state index contributed by atoms with van der Waals surface area (Å²) < 4.78 is 6.29. The van der Waals surface area contributed by atoms with Crippen LogP contribution in [0.4, 0.5) is 16.6 Å². The van der Waals surface area contributed by atoms with E-state index in [1.54, 1.807) is 12.3 Å². The van der Waals surface area contributed by atoms with E-state index >= 15 is 0 Å². The first-order valence-electron chi connectivity index (χ1n) is 10.8. The number of amides is 1. The van der Waals surface area contributed by atoms with Crippen molar-refractivity contribution >= 4 is 44.2 Å². The molecule has 1 saturated heterocycles. The van der Waals surface area contributed by atoms with Gasteiger partial charge in [0.15, 0.2) is 22.3 Å². The molecule has 4 aromatic heterocycles. The van der Waals surface area contributed by atoms with Gasteiger partial charge in [-0.3, -0.25) is 9.78 Å². The summed E-state index contributed by atoms with van der Waals surface area (Å²) in [6.07, 6.45) is 3.13.